The summed E-state index contributed by atoms with van der Waals surface area (Å²) in [5.74, 6) is 1.82. The fourth-order valence-electron chi connectivity index (χ4n) is 2.71. The molecule has 2 aromatic carbocycles. The zero-order valence-electron chi connectivity index (χ0n) is 14.4. The summed E-state index contributed by atoms with van der Waals surface area (Å²) in [6, 6.07) is 15.8. The molecule has 0 unspecified atom stereocenters. The van der Waals surface area contributed by atoms with Crippen molar-refractivity contribution in [3.05, 3.63) is 59.9 Å². The lowest BCUT2D eigenvalue weighted by Crippen LogP contribution is -2.26. The summed E-state index contributed by atoms with van der Waals surface area (Å²) in [5.41, 5.74) is 3.12. The van der Waals surface area contributed by atoms with E-state index >= 15 is 0 Å². The molecule has 1 heterocycles. The van der Waals surface area contributed by atoms with Crippen LogP contribution < -0.4 is 10.1 Å². The minimum atomic E-state index is 0.0602. The molecule has 1 aromatic heterocycles. The lowest BCUT2D eigenvalue weighted by atomic mass is 10.1. The van der Waals surface area contributed by atoms with Crippen molar-refractivity contribution in [1.82, 2.24) is 15.3 Å². The molecule has 130 valence electrons. The van der Waals surface area contributed by atoms with Crippen LogP contribution in [0, 0.1) is 0 Å². The van der Waals surface area contributed by atoms with E-state index in [4.69, 9.17) is 4.74 Å². The highest BCUT2D eigenvalue weighted by atomic mass is 16.5. The first kappa shape index (κ1) is 17.0. The van der Waals surface area contributed by atoms with E-state index in [0.29, 0.717) is 26.0 Å². The molecule has 0 saturated carbocycles. The van der Waals surface area contributed by atoms with E-state index in [-0.39, 0.29) is 5.91 Å². The molecule has 25 heavy (non-hydrogen) atoms. The molecule has 0 radical (unpaired) electrons. The zero-order chi connectivity index (χ0) is 17.5. The summed E-state index contributed by atoms with van der Waals surface area (Å²) >= 11 is 0. The minimum absolute atomic E-state index is 0.0602. The number of carbonyl (C=O) groups is 1. The normalized spacial score (nSPS) is 10.8. The second kappa shape index (κ2) is 8.33. The highest BCUT2D eigenvalue weighted by molar-refractivity contribution is 5.76. The van der Waals surface area contributed by atoms with Crippen LogP contribution in [0.4, 0.5) is 0 Å². The number of hydrogen-bond donors (Lipinski definition) is 2. The number of benzene rings is 2. The number of H-pyrrole nitrogens is 1. The van der Waals surface area contributed by atoms with Gasteiger partial charge in [0.25, 0.3) is 0 Å². The third-order valence-electron chi connectivity index (χ3n) is 4.00. The molecular weight excluding hydrogens is 314 g/mol. The number of carbonyl (C=O) groups excluding carboxylic acids is 1. The van der Waals surface area contributed by atoms with Crippen molar-refractivity contribution >= 4 is 16.9 Å². The van der Waals surface area contributed by atoms with Gasteiger partial charge < -0.3 is 15.0 Å². The standard InChI is InChI=1S/C20H23N3O2/c1-2-25-16-10-7-15(8-11-16)9-12-20(24)21-14-13-19-22-17-5-3-4-6-18(17)23-19/h3-8,10-11H,2,9,12-14H2,1H3,(H,21,24)(H,22,23). The SMILES string of the molecule is CCOc1ccc(CCC(=O)NCCc2nc3ccccc3[nH]2)cc1. The number of rotatable bonds is 8. The maximum absolute atomic E-state index is 12.0. The first-order chi connectivity index (χ1) is 12.2. The summed E-state index contributed by atoms with van der Waals surface area (Å²) in [6.45, 7) is 3.21. The molecule has 0 saturated heterocycles. The molecule has 5 nitrogen and oxygen atoms in total. The van der Waals surface area contributed by atoms with E-state index in [0.717, 1.165) is 34.6 Å². The Hall–Kier alpha value is -2.82. The second-order valence-corrected chi connectivity index (χ2v) is 5.88. The van der Waals surface area contributed by atoms with E-state index in [2.05, 4.69) is 15.3 Å². The molecule has 0 aliphatic heterocycles. The van der Waals surface area contributed by atoms with Gasteiger partial charge >= 0.3 is 0 Å². The van der Waals surface area contributed by atoms with Crippen molar-refractivity contribution in [3.8, 4) is 5.75 Å². The molecule has 5 heteroatoms. The van der Waals surface area contributed by atoms with Crippen molar-refractivity contribution in [2.45, 2.75) is 26.2 Å². The number of ether oxygens (including phenoxy) is 1. The van der Waals surface area contributed by atoms with Crippen molar-refractivity contribution in [2.75, 3.05) is 13.2 Å². The Bertz CT molecular complexity index is 791. The van der Waals surface area contributed by atoms with Gasteiger partial charge in [-0.2, -0.15) is 0 Å². The maximum Gasteiger partial charge on any atom is 0.220 e. The monoisotopic (exact) mass is 337 g/mol. The largest absolute Gasteiger partial charge is 0.494 e. The van der Waals surface area contributed by atoms with Crippen LogP contribution in [0.1, 0.15) is 24.7 Å². The van der Waals surface area contributed by atoms with Gasteiger partial charge in [0.15, 0.2) is 0 Å². The quantitative estimate of drug-likeness (QED) is 0.663. The Morgan fingerprint density at radius 1 is 1.12 bits per heavy atom. The van der Waals surface area contributed by atoms with E-state index in [1.165, 1.54) is 0 Å². The molecule has 0 atom stereocenters. The fraction of sp³-hybridized carbons (Fsp3) is 0.300. The summed E-state index contributed by atoms with van der Waals surface area (Å²) in [4.78, 5) is 19.8. The average molecular weight is 337 g/mol. The Labute approximate surface area is 147 Å². The zero-order valence-corrected chi connectivity index (χ0v) is 14.4. The molecule has 0 fully saturated rings. The van der Waals surface area contributed by atoms with Crippen molar-refractivity contribution < 1.29 is 9.53 Å². The van der Waals surface area contributed by atoms with Crippen LogP contribution in [0.15, 0.2) is 48.5 Å². The molecule has 0 aliphatic carbocycles. The number of para-hydroxylation sites is 2. The van der Waals surface area contributed by atoms with Crippen LogP contribution in [-0.2, 0) is 17.6 Å². The summed E-state index contributed by atoms with van der Waals surface area (Å²) < 4.78 is 5.42. The predicted molar refractivity (Wildman–Crippen MR) is 98.7 cm³/mol. The van der Waals surface area contributed by atoms with Crippen molar-refractivity contribution in [2.24, 2.45) is 0 Å². The Morgan fingerprint density at radius 2 is 1.92 bits per heavy atom. The van der Waals surface area contributed by atoms with Crippen LogP contribution >= 0.6 is 0 Å². The van der Waals surface area contributed by atoms with Crippen LogP contribution in [-0.4, -0.2) is 29.0 Å². The lowest BCUT2D eigenvalue weighted by Gasteiger charge is -2.06. The highest BCUT2D eigenvalue weighted by Crippen LogP contribution is 2.13. The Morgan fingerprint density at radius 3 is 2.68 bits per heavy atom. The third-order valence-corrected chi connectivity index (χ3v) is 4.00. The third kappa shape index (κ3) is 4.83. The topological polar surface area (TPSA) is 67.0 Å². The second-order valence-electron chi connectivity index (χ2n) is 5.88. The maximum atomic E-state index is 12.0. The molecule has 1 amide bonds. The smallest absolute Gasteiger partial charge is 0.220 e. The minimum Gasteiger partial charge on any atom is -0.494 e. The number of imidazole rings is 1. The van der Waals surface area contributed by atoms with Crippen LogP contribution in [0.25, 0.3) is 11.0 Å². The number of aromatic nitrogens is 2. The van der Waals surface area contributed by atoms with Crippen molar-refractivity contribution in [1.29, 1.82) is 0 Å². The summed E-state index contributed by atoms with van der Waals surface area (Å²) in [7, 11) is 0. The van der Waals surface area contributed by atoms with Gasteiger partial charge in [0, 0.05) is 19.4 Å². The van der Waals surface area contributed by atoms with Gasteiger partial charge in [0.2, 0.25) is 5.91 Å². The summed E-state index contributed by atoms with van der Waals surface area (Å²) in [6.07, 6.45) is 1.90. The molecule has 2 N–H and O–H groups in total. The van der Waals surface area contributed by atoms with E-state index in [9.17, 15) is 4.79 Å². The average Bonchev–Trinajstić information content (AvgIpc) is 3.04. The van der Waals surface area contributed by atoms with Gasteiger partial charge in [-0.05, 0) is 43.2 Å². The molecule has 3 rings (SSSR count). The van der Waals surface area contributed by atoms with Crippen LogP contribution in [0.5, 0.6) is 5.75 Å². The lowest BCUT2D eigenvalue weighted by molar-refractivity contribution is -0.121. The number of aromatic amines is 1. The van der Waals surface area contributed by atoms with Gasteiger partial charge in [-0.3, -0.25) is 4.79 Å². The molecule has 0 aliphatic rings. The predicted octanol–water partition coefficient (Wildman–Crippen LogP) is 3.25. The van der Waals surface area contributed by atoms with E-state index in [1.807, 2.05) is 55.5 Å². The van der Waals surface area contributed by atoms with Crippen LogP contribution in [0.2, 0.25) is 0 Å². The Kier molecular flexibility index (Phi) is 5.67. The highest BCUT2D eigenvalue weighted by Gasteiger charge is 2.05. The Balaban J connectivity index is 1.40. The van der Waals surface area contributed by atoms with Gasteiger partial charge in [0.05, 0.1) is 17.6 Å². The molecule has 0 bridgehead atoms. The first-order valence-electron chi connectivity index (χ1n) is 8.66. The van der Waals surface area contributed by atoms with Gasteiger partial charge in [0.1, 0.15) is 11.6 Å². The number of aryl methyl sites for hydroxylation is 1. The first-order valence-corrected chi connectivity index (χ1v) is 8.66. The number of hydrogen-bond acceptors (Lipinski definition) is 3. The number of nitrogens with zero attached hydrogens (tertiary/aromatic N) is 1. The fourth-order valence-corrected chi connectivity index (χ4v) is 2.71. The van der Waals surface area contributed by atoms with E-state index < -0.39 is 0 Å². The van der Waals surface area contributed by atoms with E-state index in [1.54, 1.807) is 0 Å². The summed E-state index contributed by atoms with van der Waals surface area (Å²) in [5, 5.41) is 2.95. The van der Waals surface area contributed by atoms with Gasteiger partial charge in [-0.15, -0.1) is 0 Å². The van der Waals surface area contributed by atoms with Crippen molar-refractivity contribution in [3.63, 3.8) is 0 Å². The molecule has 3 aromatic rings. The molecule has 0 spiro atoms. The van der Waals surface area contributed by atoms with Crippen LogP contribution in [0.3, 0.4) is 0 Å². The number of amides is 1. The number of nitrogens with one attached hydrogen (secondary N) is 2. The van der Waals surface area contributed by atoms with Gasteiger partial charge in [-0.25, -0.2) is 4.98 Å². The van der Waals surface area contributed by atoms with Gasteiger partial charge in [-0.1, -0.05) is 24.3 Å². The molecular formula is C20H23N3O2. The number of fused-ring (bicyclic) bond motifs is 1.